The first-order valence-corrected chi connectivity index (χ1v) is 13.2. The zero-order valence-electron chi connectivity index (χ0n) is 21.9. The molecule has 0 aliphatic rings. The topological polar surface area (TPSA) is 36.3 Å². The monoisotopic (exact) mass is 512 g/mol. The van der Waals surface area contributed by atoms with E-state index in [9.17, 15) is 0 Å². The number of methoxy groups -OCH3 is 1. The fraction of sp³-hybridized carbons (Fsp3) is 0.281. The fourth-order valence-corrected chi connectivity index (χ4v) is 5.11. The molecule has 1 unspecified atom stereocenters. The van der Waals surface area contributed by atoms with Gasteiger partial charge in [-0.2, -0.15) is 0 Å². The lowest BCUT2D eigenvalue weighted by Crippen LogP contribution is -2.10. The maximum absolute atomic E-state index is 6.29. The number of aromatic nitrogens is 2. The van der Waals surface area contributed by atoms with Gasteiger partial charge in [0.05, 0.1) is 24.8 Å². The van der Waals surface area contributed by atoms with Crippen LogP contribution in [0.5, 0.6) is 11.5 Å². The predicted octanol–water partition coefficient (Wildman–Crippen LogP) is 8.48. The Morgan fingerprint density at radius 2 is 1.59 bits per heavy atom. The van der Waals surface area contributed by atoms with E-state index in [-0.39, 0.29) is 5.92 Å². The van der Waals surface area contributed by atoms with Crippen LogP contribution in [-0.4, -0.2) is 23.3 Å². The summed E-state index contributed by atoms with van der Waals surface area (Å²) in [4.78, 5) is 5.07. The molecule has 5 aromatic rings. The van der Waals surface area contributed by atoms with Crippen molar-refractivity contribution in [1.82, 2.24) is 9.55 Å². The highest BCUT2D eigenvalue weighted by Crippen LogP contribution is 2.31. The summed E-state index contributed by atoms with van der Waals surface area (Å²) >= 11 is 6.29. The second kappa shape index (κ2) is 10.9. The van der Waals surface area contributed by atoms with E-state index < -0.39 is 0 Å². The second-order valence-corrected chi connectivity index (χ2v) is 10.1. The zero-order valence-corrected chi connectivity index (χ0v) is 22.7. The van der Waals surface area contributed by atoms with Crippen molar-refractivity contribution in [3.05, 3.63) is 100 Å². The number of unbranched alkanes of at least 4 members (excludes halogenated alkanes) is 1. The van der Waals surface area contributed by atoms with Crippen LogP contribution < -0.4 is 9.47 Å². The Balaban J connectivity index is 1.32. The molecule has 1 aromatic heterocycles. The van der Waals surface area contributed by atoms with E-state index >= 15 is 0 Å². The van der Waals surface area contributed by atoms with Gasteiger partial charge in [-0.05, 0) is 90.6 Å². The van der Waals surface area contributed by atoms with E-state index in [0.717, 1.165) is 58.4 Å². The van der Waals surface area contributed by atoms with Crippen LogP contribution in [0.2, 0.25) is 5.02 Å². The normalized spacial score (nSPS) is 12.2. The summed E-state index contributed by atoms with van der Waals surface area (Å²) in [5.74, 6) is 3.02. The van der Waals surface area contributed by atoms with Crippen LogP contribution in [0.15, 0.2) is 72.8 Å². The van der Waals surface area contributed by atoms with E-state index in [0.29, 0.717) is 6.61 Å². The Bertz CT molecular complexity index is 1530. The van der Waals surface area contributed by atoms with Gasteiger partial charge < -0.3 is 14.0 Å². The Morgan fingerprint density at radius 1 is 0.865 bits per heavy atom. The molecule has 0 aliphatic heterocycles. The first kappa shape index (κ1) is 25.2. The molecule has 1 heterocycles. The van der Waals surface area contributed by atoms with Gasteiger partial charge in [0.15, 0.2) is 0 Å². The van der Waals surface area contributed by atoms with Crippen molar-refractivity contribution in [2.75, 3.05) is 13.7 Å². The molecule has 0 saturated heterocycles. The van der Waals surface area contributed by atoms with Crippen molar-refractivity contribution < 1.29 is 9.47 Å². The highest BCUT2D eigenvalue weighted by atomic mass is 35.5. The van der Waals surface area contributed by atoms with Crippen LogP contribution >= 0.6 is 11.6 Å². The molecule has 0 spiro atoms. The average molecular weight is 513 g/mol. The molecule has 0 saturated carbocycles. The number of rotatable bonds is 9. The van der Waals surface area contributed by atoms with Crippen molar-refractivity contribution >= 4 is 33.4 Å². The van der Waals surface area contributed by atoms with Gasteiger partial charge in [0.2, 0.25) is 0 Å². The molecular formula is C32H33ClN2O2. The zero-order chi connectivity index (χ0) is 25.9. The lowest BCUT2D eigenvalue weighted by atomic mass is 9.97. The fourth-order valence-electron chi connectivity index (χ4n) is 5.00. The van der Waals surface area contributed by atoms with Crippen LogP contribution in [0.25, 0.3) is 21.8 Å². The quantitative estimate of drug-likeness (QED) is 0.186. The first-order chi connectivity index (χ1) is 17.9. The predicted molar refractivity (Wildman–Crippen MR) is 153 cm³/mol. The van der Waals surface area contributed by atoms with Gasteiger partial charge in [0.1, 0.15) is 17.3 Å². The maximum Gasteiger partial charge on any atom is 0.119 e. The third-order valence-electron chi connectivity index (χ3n) is 7.10. The number of imidazole rings is 1. The van der Waals surface area contributed by atoms with Gasteiger partial charge in [-0.1, -0.05) is 54.9 Å². The molecule has 5 rings (SSSR count). The van der Waals surface area contributed by atoms with Crippen molar-refractivity contribution in [2.24, 2.45) is 0 Å². The van der Waals surface area contributed by atoms with Crippen molar-refractivity contribution in [2.45, 2.75) is 46.1 Å². The SMILES string of the molecule is COc1ccc2cc(C(C)c3nc4ccccc4n3CCCCOc3cc(C)c(Cl)c(C)c3)ccc2c1. The molecule has 4 nitrogen and oxygen atoms in total. The van der Waals surface area contributed by atoms with Gasteiger partial charge in [0, 0.05) is 17.5 Å². The largest absolute Gasteiger partial charge is 0.497 e. The Labute approximate surface area is 223 Å². The number of ether oxygens (including phenoxy) is 2. The third-order valence-corrected chi connectivity index (χ3v) is 7.69. The van der Waals surface area contributed by atoms with Gasteiger partial charge >= 0.3 is 0 Å². The number of hydrogen-bond donors (Lipinski definition) is 0. The maximum atomic E-state index is 6.29. The van der Waals surface area contributed by atoms with Crippen molar-refractivity contribution in [3.8, 4) is 11.5 Å². The molecule has 0 amide bonds. The number of nitrogens with zero attached hydrogens (tertiary/aromatic N) is 2. The van der Waals surface area contributed by atoms with Crippen LogP contribution in [0, 0.1) is 13.8 Å². The lowest BCUT2D eigenvalue weighted by Gasteiger charge is -2.16. The molecule has 1 atom stereocenters. The number of aryl methyl sites for hydroxylation is 3. The van der Waals surface area contributed by atoms with Gasteiger partial charge in [-0.15, -0.1) is 0 Å². The lowest BCUT2D eigenvalue weighted by molar-refractivity contribution is 0.303. The van der Waals surface area contributed by atoms with Crippen LogP contribution in [0.4, 0.5) is 0 Å². The molecule has 0 radical (unpaired) electrons. The minimum atomic E-state index is 0.162. The van der Waals surface area contributed by atoms with Crippen molar-refractivity contribution in [3.63, 3.8) is 0 Å². The number of halogens is 1. The Hall–Kier alpha value is -3.50. The van der Waals surface area contributed by atoms with E-state index in [1.165, 1.54) is 21.9 Å². The molecule has 0 N–H and O–H groups in total. The standard InChI is InChI=1S/C32H33ClN2O2/c1-21-17-28(18-22(2)31(21)33)37-16-8-7-15-35-30-10-6-5-9-29(30)34-32(35)23(3)24-11-12-26-20-27(36-4)14-13-25(26)19-24/h5-6,9-14,17-20,23H,7-8,15-16H2,1-4H3. The molecule has 37 heavy (non-hydrogen) atoms. The molecule has 0 aliphatic carbocycles. The Kier molecular flexibility index (Phi) is 7.38. The van der Waals surface area contributed by atoms with E-state index in [1.54, 1.807) is 7.11 Å². The summed E-state index contributed by atoms with van der Waals surface area (Å²) in [7, 11) is 1.70. The number of para-hydroxylation sites is 2. The van der Waals surface area contributed by atoms with Crippen LogP contribution in [0.3, 0.4) is 0 Å². The highest BCUT2D eigenvalue weighted by Gasteiger charge is 2.18. The average Bonchev–Trinajstić information content (AvgIpc) is 3.29. The smallest absolute Gasteiger partial charge is 0.119 e. The Morgan fingerprint density at radius 3 is 2.38 bits per heavy atom. The van der Waals surface area contributed by atoms with E-state index in [4.69, 9.17) is 26.1 Å². The summed E-state index contributed by atoms with van der Waals surface area (Å²) in [5.41, 5.74) is 5.57. The molecule has 0 fully saturated rings. The molecule has 4 aromatic carbocycles. The summed E-state index contributed by atoms with van der Waals surface area (Å²) in [6, 6.07) is 25.3. The molecule has 0 bridgehead atoms. The van der Waals surface area contributed by atoms with Gasteiger partial charge in [-0.25, -0.2) is 4.98 Å². The first-order valence-electron chi connectivity index (χ1n) is 12.9. The summed E-state index contributed by atoms with van der Waals surface area (Å²) in [6.07, 6.45) is 1.96. The van der Waals surface area contributed by atoms with E-state index in [1.807, 2.05) is 32.0 Å². The van der Waals surface area contributed by atoms with Gasteiger partial charge in [-0.3, -0.25) is 0 Å². The number of benzene rings is 4. The van der Waals surface area contributed by atoms with Crippen LogP contribution in [-0.2, 0) is 6.54 Å². The highest BCUT2D eigenvalue weighted by molar-refractivity contribution is 6.32. The number of fused-ring (bicyclic) bond motifs is 2. The second-order valence-electron chi connectivity index (χ2n) is 9.73. The molecule has 190 valence electrons. The minimum Gasteiger partial charge on any atom is -0.497 e. The molecule has 5 heteroatoms. The number of hydrogen-bond acceptors (Lipinski definition) is 3. The summed E-state index contributed by atoms with van der Waals surface area (Å²) < 4.78 is 13.8. The molecular weight excluding hydrogens is 480 g/mol. The van der Waals surface area contributed by atoms with Crippen molar-refractivity contribution in [1.29, 1.82) is 0 Å². The summed E-state index contributed by atoms with van der Waals surface area (Å²) in [5, 5.41) is 3.19. The van der Waals surface area contributed by atoms with E-state index in [2.05, 4.69) is 66.1 Å². The van der Waals surface area contributed by atoms with Crippen LogP contribution in [0.1, 0.15) is 48.2 Å². The third kappa shape index (κ3) is 5.30. The minimum absolute atomic E-state index is 0.162. The summed E-state index contributed by atoms with van der Waals surface area (Å²) in [6.45, 7) is 7.85. The van der Waals surface area contributed by atoms with Gasteiger partial charge in [0.25, 0.3) is 0 Å².